The van der Waals surface area contributed by atoms with E-state index >= 15 is 0 Å². The molecule has 27 heavy (non-hydrogen) atoms. The summed E-state index contributed by atoms with van der Waals surface area (Å²) in [6.45, 7) is 6.91. The molecule has 1 aromatic carbocycles. The second kappa shape index (κ2) is 16.6. The van der Waals surface area contributed by atoms with Crippen molar-refractivity contribution >= 4 is 11.7 Å². The summed E-state index contributed by atoms with van der Waals surface area (Å²) in [5.41, 5.74) is 1.62. The fourth-order valence-corrected chi connectivity index (χ4v) is 2.85. The van der Waals surface area contributed by atoms with Crippen molar-refractivity contribution in [2.24, 2.45) is 0 Å². The van der Waals surface area contributed by atoms with Crippen molar-refractivity contribution in [3.63, 3.8) is 0 Å². The number of anilines is 1. The monoisotopic (exact) mass is 377 g/mol. The van der Waals surface area contributed by atoms with Gasteiger partial charge in [-0.15, -0.1) is 0 Å². The second-order valence-corrected chi connectivity index (χ2v) is 7.08. The minimum absolute atomic E-state index is 0.286. The number of carbonyl (C=O) groups is 1. The number of carbonyl (C=O) groups excluding carboxylic acids is 1. The standard InChI is InChI=1S/C23H39NO3/c1-3-5-7-8-9-10-11-12-18-26-19-20-27-23(25)21-13-15-22(16-14-21)24-17-6-4-2/h13-16,24H,3-12,17-20H2,1-2H3. The molecular formula is C23H39NO3. The van der Waals surface area contributed by atoms with E-state index in [4.69, 9.17) is 9.47 Å². The Balaban J connectivity index is 1.99. The van der Waals surface area contributed by atoms with Crippen LogP contribution in [0.15, 0.2) is 24.3 Å². The van der Waals surface area contributed by atoms with Crippen LogP contribution < -0.4 is 5.32 Å². The molecule has 0 bridgehead atoms. The van der Waals surface area contributed by atoms with E-state index in [-0.39, 0.29) is 5.97 Å². The van der Waals surface area contributed by atoms with Crippen LogP contribution in [-0.4, -0.2) is 32.3 Å². The molecule has 4 heteroatoms. The minimum Gasteiger partial charge on any atom is -0.460 e. The Kier molecular flexibility index (Phi) is 14.5. The summed E-state index contributed by atoms with van der Waals surface area (Å²) in [6.07, 6.45) is 12.7. The lowest BCUT2D eigenvalue weighted by atomic mass is 10.1. The van der Waals surface area contributed by atoms with Gasteiger partial charge < -0.3 is 14.8 Å². The van der Waals surface area contributed by atoms with Crippen molar-refractivity contribution in [3.8, 4) is 0 Å². The molecule has 0 saturated carbocycles. The van der Waals surface area contributed by atoms with E-state index in [0.29, 0.717) is 18.8 Å². The highest BCUT2D eigenvalue weighted by Gasteiger charge is 2.06. The van der Waals surface area contributed by atoms with Crippen LogP contribution in [-0.2, 0) is 9.47 Å². The van der Waals surface area contributed by atoms with Crippen LogP contribution in [0.2, 0.25) is 0 Å². The van der Waals surface area contributed by atoms with Crippen molar-refractivity contribution in [2.75, 3.05) is 31.7 Å². The highest BCUT2D eigenvalue weighted by Crippen LogP contribution is 2.11. The van der Waals surface area contributed by atoms with E-state index in [9.17, 15) is 4.79 Å². The molecule has 0 aliphatic rings. The van der Waals surface area contributed by atoms with Crippen molar-refractivity contribution in [1.82, 2.24) is 0 Å². The van der Waals surface area contributed by atoms with E-state index in [1.165, 1.54) is 51.4 Å². The molecule has 0 unspecified atom stereocenters. The summed E-state index contributed by atoms with van der Waals surface area (Å²) >= 11 is 0. The van der Waals surface area contributed by atoms with E-state index < -0.39 is 0 Å². The first-order valence-electron chi connectivity index (χ1n) is 10.9. The molecule has 0 aliphatic carbocycles. The van der Waals surface area contributed by atoms with Crippen LogP contribution in [0, 0.1) is 0 Å². The molecular weight excluding hydrogens is 338 g/mol. The highest BCUT2D eigenvalue weighted by atomic mass is 16.6. The highest BCUT2D eigenvalue weighted by molar-refractivity contribution is 5.89. The van der Waals surface area contributed by atoms with Gasteiger partial charge in [0.2, 0.25) is 0 Å². The number of nitrogens with one attached hydrogen (secondary N) is 1. The SMILES string of the molecule is CCCCCCCCCCOCCOC(=O)c1ccc(NCCCC)cc1. The van der Waals surface area contributed by atoms with E-state index in [1.807, 2.05) is 12.1 Å². The fourth-order valence-electron chi connectivity index (χ4n) is 2.85. The maximum atomic E-state index is 12.0. The van der Waals surface area contributed by atoms with Gasteiger partial charge in [-0.25, -0.2) is 4.79 Å². The van der Waals surface area contributed by atoms with Gasteiger partial charge in [-0.3, -0.25) is 0 Å². The zero-order valence-electron chi connectivity index (χ0n) is 17.4. The van der Waals surface area contributed by atoms with Crippen LogP contribution in [0.5, 0.6) is 0 Å². The Morgan fingerprint density at radius 2 is 1.41 bits per heavy atom. The average molecular weight is 378 g/mol. The molecule has 1 rings (SSSR count). The average Bonchev–Trinajstić information content (AvgIpc) is 2.69. The predicted molar refractivity (Wildman–Crippen MR) is 114 cm³/mol. The molecule has 0 saturated heterocycles. The predicted octanol–water partition coefficient (Wildman–Crippen LogP) is 6.21. The van der Waals surface area contributed by atoms with Gasteiger partial charge in [0.15, 0.2) is 0 Å². The topological polar surface area (TPSA) is 47.6 Å². The first kappa shape index (κ1) is 23.5. The summed E-state index contributed by atoms with van der Waals surface area (Å²) in [5.74, 6) is -0.286. The molecule has 0 atom stereocenters. The van der Waals surface area contributed by atoms with E-state index in [2.05, 4.69) is 19.2 Å². The Morgan fingerprint density at radius 1 is 0.778 bits per heavy atom. The zero-order valence-corrected chi connectivity index (χ0v) is 17.4. The zero-order chi connectivity index (χ0) is 19.6. The van der Waals surface area contributed by atoms with Gasteiger partial charge in [0.25, 0.3) is 0 Å². The largest absolute Gasteiger partial charge is 0.460 e. The molecule has 0 aromatic heterocycles. The minimum atomic E-state index is -0.286. The van der Waals surface area contributed by atoms with E-state index in [1.54, 1.807) is 12.1 Å². The lowest BCUT2D eigenvalue weighted by Gasteiger charge is -2.08. The van der Waals surface area contributed by atoms with Crippen molar-refractivity contribution in [2.45, 2.75) is 78.1 Å². The Morgan fingerprint density at radius 3 is 2.07 bits per heavy atom. The molecule has 0 aliphatic heterocycles. The fraction of sp³-hybridized carbons (Fsp3) is 0.696. The third-order valence-corrected chi connectivity index (χ3v) is 4.58. The summed E-state index contributed by atoms with van der Waals surface area (Å²) in [6, 6.07) is 7.45. The van der Waals surface area contributed by atoms with Gasteiger partial charge in [0.05, 0.1) is 12.2 Å². The lowest BCUT2D eigenvalue weighted by molar-refractivity contribution is 0.0312. The van der Waals surface area contributed by atoms with E-state index in [0.717, 1.165) is 31.7 Å². The summed E-state index contributed by atoms with van der Waals surface area (Å²) < 4.78 is 10.8. The summed E-state index contributed by atoms with van der Waals surface area (Å²) in [5, 5.41) is 3.33. The molecule has 0 amide bonds. The molecule has 1 aromatic rings. The maximum Gasteiger partial charge on any atom is 0.338 e. The number of hydrogen-bond acceptors (Lipinski definition) is 4. The second-order valence-electron chi connectivity index (χ2n) is 7.08. The Hall–Kier alpha value is -1.55. The van der Waals surface area contributed by atoms with Gasteiger partial charge in [-0.05, 0) is 37.1 Å². The number of ether oxygens (including phenoxy) is 2. The smallest absolute Gasteiger partial charge is 0.338 e. The Labute approximate surface area is 166 Å². The quantitative estimate of drug-likeness (QED) is 0.259. The number of esters is 1. The third-order valence-electron chi connectivity index (χ3n) is 4.58. The number of unbranched alkanes of at least 4 members (excludes halogenated alkanes) is 8. The number of benzene rings is 1. The molecule has 0 spiro atoms. The van der Waals surface area contributed by atoms with Gasteiger partial charge in [-0.1, -0.05) is 65.2 Å². The molecule has 154 valence electrons. The molecule has 0 fully saturated rings. The molecule has 0 radical (unpaired) electrons. The Bertz CT molecular complexity index is 473. The maximum absolute atomic E-state index is 12.0. The first-order valence-corrected chi connectivity index (χ1v) is 10.9. The van der Waals surface area contributed by atoms with Crippen LogP contribution >= 0.6 is 0 Å². The van der Waals surface area contributed by atoms with Crippen molar-refractivity contribution < 1.29 is 14.3 Å². The van der Waals surface area contributed by atoms with Gasteiger partial charge in [0.1, 0.15) is 6.61 Å². The first-order chi connectivity index (χ1) is 13.3. The lowest BCUT2D eigenvalue weighted by Crippen LogP contribution is -2.11. The van der Waals surface area contributed by atoms with Gasteiger partial charge in [0, 0.05) is 18.8 Å². The summed E-state index contributed by atoms with van der Waals surface area (Å²) in [7, 11) is 0. The molecule has 0 heterocycles. The third kappa shape index (κ3) is 12.5. The summed E-state index contributed by atoms with van der Waals surface area (Å²) in [4.78, 5) is 12.0. The van der Waals surface area contributed by atoms with Gasteiger partial charge in [-0.2, -0.15) is 0 Å². The van der Waals surface area contributed by atoms with Crippen LogP contribution in [0.1, 0.15) is 88.4 Å². The molecule has 4 nitrogen and oxygen atoms in total. The molecule has 1 N–H and O–H groups in total. The number of hydrogen-bond donors (Lipinski definition) is 1. The normalized spacial score (nSPS) is 10.7. The van der Waals surface area contributed by atoms with Crippen LogP contribution in [0.3, 0.4) is 0 Å². The number of rotatable bonds is 17. The van der Waals surface area contributed by atoms with Gasteiger partial charge >= 0.3 is 5.97 Å². The van der Waals surface area contributed by atoms with Crippen molar-refractivity contribution in [1.29, 1.82) is 0 Å². The van der Waals surface area contributed by atoms with Crippen LogP contribution in [0.25, 0.3) is 0 Å². The van der Waals surface area contributed by atoms with Crippen molar-refractivity contribution in [3.05, 3.63) is 29.8 Å². The van der Waals surface area contributed by atoms with Crippen LogP contribution in [0.4, 0.5) is 5.69 Å².